The summed E-state index contributed by atoms with van der Waals surface area (Å²) < 4.78 is 24.0. The molecule has 0 fully saturated rings. The summed E-state index contributed by atoms with van der Waals surface area (Å²) in [6.45, 7) is 0. The molecule has 0 radical (unpaired) electrons. The third kappa shape index (κ3) is 2.10. The fourth-order valence-corrected chi connectivity index (χ4v) is 2.34. The van der Waals surface area contributed by atoms with Crippen LogP contribution in [-0.4, -0.2) is 23.2 Å². The van der Waals surface area contributed by atoms with Gasteiger partial charge in [-0.15, -0.1) is 0 Å². The van der Waals surface area contributed by atoms with Crippen molar-refractivity contribution in [3.63, 3.8) is 0 Å². The first-order valence-electron chi connectivity index (χ1n) is 5.68. The lowest BCUT2D eigenvalue weighted by molar-refractivity contribution is 0.597. The van der Waals surface area contributed by atoms with Crippen LogP contribution in [0, 0.1) is 0 Å². The minimum Gasteiger partial charge on any atom is -0.399 e. The highest BCUT2D eigenvalue weighted by atomic mass is 32.2. The molecule has 0 spiro atoms. The number of anilines is 1. The van der Waals surface area contributed by atoms with Crippen molar-refractivity contribution in [3.05, 3.63) is 42.7 Å². The minimum absolute atomic E-state index is 0.0442. The van der Waals surface area contributed by atoms with Crippen LogP contribution < -0.4 is 10.9 Å². The monoisotopic (exact) mass is 289 g/mol. The van der Waals surface area contributed by atoms with E-state index in [0.717, 1.165) is 10.9 Å². The summed E-state index contributed by atoms with van der Waals surface area (Å²) in [4.78, 5) is 4.02. The van der Waals surface area contributed by atoms with Gasteiger partial charge in [-0.2, -0.15) is 5.10 Å². The van der Waals surface area contributed by atoms with Crippen molar-refractivity contribution in [1.29, 1.82) is 0 Å². The molecule has 1 aromatic carbocycles. The quantitative estimate of drug-likeness (QED) is 0.672. The second-order valence-electron chi connectivity index (χ2n) is 4.27. The Morgan fingerprint density at radius 3 is 2.55 bits per heavy atom. The zero-order valence-electron chi connectivity index (χ0n) is 10.3. The Bertz CT molecular complexity index is 884. The van der Waals surface area contributed by atoms with E-state index in [1.165, 1.54) is 18.3 Å². The Hall–Kier alpha value is -2.45. The van der Waals surface area contributed by atoms with Crippen LogP contribution in [0.2, 0.25) is 0 Å². The Morgan fingerprint density at radius 2 is 1.90 bits per heavy atom. The highest BCUT2D eigenvalue weighted by molar-refractivity contribution is 7.89. The molecule has 0 atom stereocenters. The van der Waals surface area contributed by atoms with Crippen LogP contribution in [0.25, 0.3) is 16.7 Å². The van der Waals surface area contributed by atoms with Gasteiger partial charge in [0, 0.05) is 17.3 Å². The number of fused-ring (bicyclic) bond motifs is 1. The highest BCUT2D eigenvalue weighted by Gasteiger charge is 2.10. The lowest BCUT2D eigenvalue weighted by atomic mass is 10.2. The molecule has 0 aliphatic rings. The SMILES string of the molecule is Nc1ccc2cnn(-c3ccc(S(N)(=O)=O)cn3)c2c1. The first kappa shape index (κ1) is 12.6. The van der Waals surface area contributed by atoms with Gasteiger partial charge in [0.2, 0.25) is 10.0 Å². The lowest BCUT2D eigenvalue weighted by Crippen LogP contribution is -2.12. The first-order chi connectivity index (χ1) is 9.45. The average Bonchev–Trinajstić information content (AvgIpc) is 2.81. The Labute approximate surface area is 114 Å². The van der Waals surface area contributed by atoms with Gasteiger partial charge in [-0.25, -0.2) is 23.2 Å². The van der Waals surface area contributed by atoms with Crippen LogP contribution in [-0.2, 0) is 10.0 Å². The molecule has 3 rings (SSSR count). The van der Waals surface area contributed by atoms with Gasteiger partial charge >= 0.3 is 0 Å². The second-order valence-corrected chi connectivity index (χ2v) is 5.83. The van der Waals surface area contributed by atoms with Gasteiger partial charge in [0.15, 0.2) is 5.82 Å². The van der Waals surface area contributed by atoms with Gasteiger partial charge in [0.05, 0.1) is 11.7 Å². The molecule has 7 nitrogen and oxygen atoms in total. The Kier molecular flexibility index (Phi) is 2.70. The predicted octanol–water partition coefficient (Wildman–Crippen LogP) is 0.650. The van der Waals surface area contributed by atoms with Crippen LogP contribution in [0.4, 0.5) is 5.69 Å². The summed E-state index contributed by atoms with van der Waals surface area (Å²) in [5.41, 5.74) is 7.16. The van der Waals surface area contributed by atoms with Crippen molar-refractivity contribution in [1.82, 2.24) is 14.8 Å². The maximum Gasteiger partial charge on any atom is 0.239 e. The standard InChI is InChI=1S/C12H11N5O2S/c13-9-2-1-8-6-16-17(11(8)5-9)12-4-3-10(7-15-12)20(14,18)19/h1-7H,13H2,(H2,14,18,19). The Balaban J connectivity index is 2.14. The number of nitrogen functional groups attached to an aromatic ring is 1. The van der Waals surface area contributed by atoms with E-state index in [2.05, 4.69) is 10.1 Å². The molecule has 2 heterocycles. The smallest absolute Gasteiger partial charge is 0.239 e. The van der Waals surface area contributed by atoms with Crippen molar-refractivity contribution in [2.45, 2.75) is 4.90 Å². The van der Waals surface area contributed by atoms with E-state index < -0.39 is 10.0 Å². The summed E-state index contributed by atoms with van der Waals surface area (Å²) in [6, 6.07) is 8.34. The average molecular weight is 289 g/mol. The maximum atomic E-state index is 11.2. The van der Waals surface area contributed by atoms with Gasteiger partial charge in [0.1, 0.15) is 4.90 Å². The van der Waals surface area contributed by atoms with Crippen LogP contribution in [0.15, 0.2) is 47.6 Å². The van der Waals surface area contributed by atoms with Gasteiger partial charge in [-0.1, -0.05) is 0 Å². The molecule has 0 unspecified atom stereocenters. The van der Waals surface area contributed by atoms with Gasteiger partial charge < -0.3 is 5.73 Å². The van der Waals surface area contributed by atoms with Crippen molar-refractivity contribution in [2.24, 2.45) is 5.14 Å². The first-order valence-corrected chi connectivity index (χ1v) is 7.22. The van der Waals surface area contributed by atoms with E-state index in [1.54, 1.807) is 23.0 Å². The third-order valence-electron chi connectivity index (χ3n) is 2.86. The molecule has 20 heavy (non-hydrogen) atoms. The molecule has 0 saturated heterocycles. The number of rotatable bonds is 2. The maximum absolute atomic E-state index is 11.2. The van der Waals surface area contributed by atoms with E-state index >= 15 is 0 Å². The summed E-state index contributed by atoms with van der Waals surface area (Å²) in [5.74, 6) is 0.484. The number of nitrogens with zero attached hydrogens (tertiary/aromatic N) is 3. The summed E-state index contributed by atoms with van der Waals surface area (Å²) in [7, 11) is -3.75. The van der Waals surface area contributed by atoms with E-state index in [9.17, 15) is 8.42 Å². The zero-order chi connectivity index (χ0) is 14.3. The van der Waals surface area contributed by atoms with Crippen molar-refractivity contribution in [3.8, 4) is 5.82 Å². The lowest BCUT2D eigenvalue weighted by Gasteiger charge is -2.04. The van der Waals surface area contributed by atoms with Crippen molar-refractivity contribution in [2.75, 3.05) is 5.73 Å². The number of sulfonamides is 1. The van der Waals surface area contributed by atoms with Crippen LogP contribution in [0.3, 0.4) is 0 Å². The predicted molar refractivity (Wildman–Crippen MR) is 74.7 cm³/mol. The molecule has 0 aliphatic carbocycles. The van der Waals surface area contributed by atoms with E-state index in [4.69, 9.17) is 10.9 Å². The Morgan fingerprint density at radius 1 is 1.10 bits per heavy atom. The van der Waals surface area contributed by atoms with Crippen molar-refractivity contribution >= 4 is 26.6 Å². The van der Waals surface area contributed by atoms with Crippen LogP contribution >= 0.6 is 0 Å². The molecular formula is C12H11N5O2S. The topological polar surface area (TPSA) is 117 Å². The van der Waals surface area contributed by atoms with Crippen LogP contribution in [0.5, 0.6) is 0 Å². The van der Waals surface area contributed by atoms with Crippen LogP contribution in [0.1, 0.15) is 0 Å². The van der Waals surface area contributed by atoms with E-state index in [1.807, 2.05) is 6.07 Å². The van der Waals surface area contributed by atoms with E-state index in [0.29, 0.717) is 11.5 Å². The molecule has 0 bridgehead atoms. The molecule has 2 aromatic heterocycles. The number of hydrogen-bond acceptors (Lipinski definition) is 5. The molecule has 0 aliphatic heterocycles. The number of primary sulfonamides is 1. The summed E-state index contributed by atoms with van der Waals surface area (Å²) >= 11 is 0. The molecule has 4 N–H and O–H groups in total. The minimum atomic E-state index is -3.75. The summed E-state index contributed by atoms with van der Waals surface area (Å²) in [5, 5.41) is 10.2. The molecule has 3 aromatic rings. The number of nitrogens with two attached hydrogens (primary N) is 2. The largest absolute Gasteiger partial charge is 0.399 e. The third-order valence-corrected chi connectivity index (χ3v) is 3.76. The second kappa shape index (κ2) is 4.29. The molecule has 8 heteroatoms. The number of pyridine rings is 1. The fourth-order valence-electron chi connectivity index (χ4n) is 1.88. The van der Waals surface area contributed by atoms with Gasteiger partial charge in [0.25, 0.3) is 0 Å². The van der Waals surface area contributed by atoms with Gasteiger partial charge in [-0.3, -0.25) is 0 Å². The molecule has 102 valence electrons. The molecule has 0 saturated carbocycles. The number of benzene rings is 1. The van der Waals surface area contributed by atoms with E-state index in [-0.39, 0.29) is 4.90 Å². The zero-order valence-corrected chi connectivity index (χ0v) is 11.1. The summed E-state index contributed by atoms with van der Waals surface area (Å²) in [6.07, 6.45) is 2.88. The molecule has 0 amide bonds. The normalized spacial score (nSPS) is 11.8. The number of hydrogen-bond donors (Lipinski definition) is 2. The highest BCUT2D eigenvalue weighted by Crippen LogP contribution is 2.20. The van der Waals surface area contributed by atoms with Crippen molar-refractivity contribution < 1.29 is 8.42 Å². The fraction of sp³-hybridized carbons (Fsp3) is 0. The number of aromatic nitrogens is 3. The molecular weight excluding hydrogens is 278 g/mol. The van der Waals surface area contributed by atoms with Gasteiger partial charge in [-0.05, 0) is 30.3 Å².